The van der Waals surface area contributed by atoms with E-state index in [1.807, 2.05) is 6.92 Å². The van der Waals surface area contributed by atoms with Crippen molar-refractivity contribution in [1.29, 1.82) is 0 Å². The lowest BCUT2D eigenvalue weighted by molar-refractivity contribution is 0.744. The predicted octanol–water partition coefficient (Wildman–Crippen LogP) is 3.99. The number of aryl methyl sites for hydroxylation is 1. The van der Waals surface area contributed by atoms with Crippen molar-refractivity contribution in [1.82, 2.24) is 4.98 Å². The molecule has 78 valence electrons. The van der Waals surface area contributed by atoms with Crippen molar-refractivity contribution in [2.75, 3.05) is 0 Å². The Bertz CT molecular complexity index is 423. The molecule has 0 aliphatic heterocycles. The molecule has 1 unspecified atom stereocenters. The molecule has 0 aromatic carbocycles. The lowest BCUT2D eigenvalue weighted by atomic mass is 10.0. The van der Waals surface area contributed by atoms with Gasteiger partial charge in [-0.1, -0.05) is 37.3 Å². The van der Waals surface area contributed by atoms with Crippen LogP contribution in [0.2, 0.25) is 0 Å². The van der Waals surface area contributed by atoms with Crippen molar-refractivity contribution >= 4 is 16.9 Å². The molecule has 2 heteroatoms. The van der Waals surface area contributed by atoms with Gasteiger partial charge in [-0.25, -0.2) is 4.98 Å². The second kappa shape index (κ2) is 4.58. The minimum absolute atomic E-state index is 0.635. The third-order valence-corrected chi connectivity index (χ3v) is 3.21. The van der Waals surface area contributed by atoms with Crippen LogP contribution in [0.5, 0.6) is 0 Å². The van der Waals surface area contributed by atoms with E-state index in [1.54, 1.807) is 11.3 Å². The first-order valence-corrected chi connectivity index (χ1v) is 6.11. The molecule has 0 amide bonds. The second-order valence-electron chi connectivity index (χ2n) is 3.87. The van der Waals surface area contributed by atoms with E-state index in [2.05, 4.69) is 47.7 Å². The Balaban J connectivity index is 2.29. The van der Waals surface area contributed by atoms with Crippen molar-refractivity contribution in [3.05, 3.63) is 46.5 Å². The molecule has 0 saturated heterocycles. The molecule has 0 spiro atoms. The first-order chi connectivity index (χ1) is 7.25. The van der Waals surface area contributed by atoms with Gasteiger partial charge in [0.2, 0.25) is 0 Å². The van der Waals surface area contributed by atoms with Crippen LogP contribution in [-0.2, 0) is 0 Å². The van der Waals surface area contributed by atoms with Gasteiger partial charge in [0.05, 0.1) is 10.7 Å². The minimum atomic E-state index is 0.635. The number of allylic oxidation sites excluding steroid dienone is 6. The van der Waals surface area contributed by atoms with Crippen molar-refractivity contribution in [3.63, 3.8) is 0 Å². The maximum atomic E-state index is 4.49. The summed E-state index contributed by atoms with van der Waals surface area (Å²) in [6, 6.07) is 0. The Hall–Kier alpha value is -1.15. The maximum Gasteiger partial charge on any atom is 0.0901 e. The summed E-state index contributed by atoms with van der Waals surface area (Å²) < 4.78 is 0. The molecule has 1 nitrogen and oxygen atoms in total. The largest absolute Gasteiger partial charge is 0.242 e. The molecule has 0 bridgehead atoms. The van der Waals surface area contributed by atoms with Gasteiger partial charge in [-0.05, 0) is 19.3 Å². The Kier molecular flexibility index (Phi) is 3.17. The topological polar surface area (TPSA) is 12.9 Å². The first kappa shape index (κ1) is 10.4. The zero-order chi connectivity index (χ0) is 10.7. The predicted molar refractivity (Wildman–Crippen MR) is 66.9 cm³/mol. The van der Waals surface area contributed by atoms with Crippen LogP contribution in [-0.4, -0.2) is 4.98 Å². The quantitative estimate of drug-likeness (QED) is 0.693. The van der Waals surface area contributed by atoms with Gasteiger partial charge in [0.1, 0.15) is 0 Å². The summed E-state index contributed by atoms with van der Waals surface area (Å²) in [6.45, 7) is 4.27. The average molecular weight is 217 g/mol. The van der Waals surface area contributed by atoms with Gasteiger partial charge in [0, 0.05) is 11.0 Å². The normalized spacial score (nSPS) is 28.7. The smallest absolute Gasteiger partial charge is 0.0901 e. The van der Waals surface area contributed by atoms with Gasteiger partial charge in [-0.3, -0.25) is 0 Å². The molecule has 0 fully saturated rings. The van der Waals surface area contributed by atoms with Crippen LogP contribution < -0.4 is 0 Å². The first-order valence-electron chi connectivity index (χ1n) is 5.23. The molecule has 1 aliphatic rings. The number of thiazole rings is 1. The van der Waals surface area contributed by atoms with E-state index in [9.17, 15) is 0 Å². The average Bonchev–Trinajstić information content (AvgIpc) is 2.58. The highest BCUT2D eigenvalue weighted by atomic mass is 32.1. The lowest BCUT2D eigenvalue weighted by Crippen LogP contribution is -1.89. The summed E-state index contributed by atoms with van der Waals surface area (Å²) in [5.74, 6) is 0.635. The molecular weight excluding hydrogens is 202 g/mol. The zero-order valence-corrected chi connectivity index (χ0v) is 9.92. The monoisotopic (exact) mass is 217 g/mol. The fraction of sp³-hybridized carbons (Fsp3) is 0.308. The molecule has 0 saturated carbocycles. The molecule has 0 radical (unpaired) electrons. The third-order valence-electron chi connectivity index (χ3n) is 2.44. The maximum absolute atomic E-state index is 4.49. The van der Waals surface area contributed by atoms with E-state index in [4.69, 9.17) is 0 Å². The molecular formula is C13H15NS. The van der Waals surface area contributed by atoms with Crippen LogP contribution in [0.3, 0.4) is 0 Å². The highest BCUT2D eigenvalue weighted by Crippen LogP contribution is 2.21. The van der Waals surface area contributed by atoms with Gasteiger partial charge >= 0.3 is 0 Å². The molecule has 1 aliphatic carbocycles. The van der Waals surface area contributed by atoms with E-state index in [0.29, 0.717) is 5.92 Å². The molecule has 1 aromatic heterocycles. The van der Waals surface area contributed by atoms with Gasteiger partial charge in [-0.2, -0.15) is 0 Å². The van der Waals surface area contributed by atoms with Crippen molar-refractivity contribution in [2.45, 2.75) is 20.3 Å². The summed E-state index contributed by atoms with van der Waals surface area (Å²) in [5, 5.41) is 3.24. The third kappa shape index (κ3) is 2.66. The Labute approximate surface area is 94.9 Å². The fourth-order valence-electron chi connectivity index (χ4n) is 1.56. The van der Waals surface area contributed by atoms with E-state index in [0.717, 1.165) is 17.1 Å². The highest BCUT2D eigenvalue weighted by Gasteiger charge is 2.03. The number of aromatic nitrogens is 1. The number of nitrogens with zero attached hydrogens (tertiary/aromatic N) is 1. The zero-order valence-electron chi connectivity index (χ0n) is 9.10. The van der Waals surface area contributed by atoms with Gasteiger partial charge < -0.3 is 0 Å². The van der Waals surface area contributed by atoms with Crippen LogP contribution in [0.4, 0.5) is 0 Å². The Morgan fingerprint density at radius 3 is 3.07 bits per heavy atom. The molecule has 2 rings (SSSR count). The summed E-state index contributed by atoms with van der Waals surface area (Å²) in [4.78, 5) is 4.49. The van der Waals surface area contributed by atoms with Crippen molar-refractivity contribution in [3.8, 4) is 0 Å². The van der Waals surface area contributed by atoms with Crippen LogP contribution in [0.1, 0.15) is 24.0 Å². The van der Waals surface area contributed by atoms with Crippen molar-refractivity contribution < 1.29 is 0 Å². The van der Waals surface area contributed by atoms with Gasteiger partial charge in [-0.15, -0.1) is 11.3 Å². The van der Waals surface area contributed by atoms with Crippen LogP contribution in [0.15, 0.2) is 35.8 Å². The van der Waals surface area contributed by atoms with E-state index >= 15 is 0 Å². The van der Waals surface area contributed by atoms with E-state index < -0.39 is 0 Å². The summed E-state index contributed by atoms with van der Waals surface area (Å²) in [5.41, 5.74) is 2.30. The fourth-order valence-corrected chi connectivity index (χ4v) is 2.18. The molecule has 15 heavy (non-hydrogen) atoms. The minimum Gasteiger partial charge on any atom is -0.242 e. The highest BCUT2D eigenvalue weighted by molar-refractivity contribution is 7.09. The second-order valence-corrected chi connectivity index (χ2v) is 4.94. The number of rotatable bonds is 1. The summed E-state index contributed by atoms with van der Waals surface area (Å²) in [7, 11) is 0. The number of hydrogen-bond acceptors (Lipinski definition) is 2. The SMILES string of the molecule is Cc1nc(C2=C/C=C\C(C)C\C=C\2)cs1. The van der Waals surface area contributed by atoms with Gasteiger partial charge in [0.25, 0.3) is 0 Å². The summed E-state index contributed by atoms with van der Waals surface area (Å²) >= 11 is 1.70. The Morgan fingerprint density at radius 1 is 1.47 bits per heavy atom. The number of hydrogen-bond donors (Lipinski definition) is 0. The standard InChI is InChI=1S/C13H15NS/c1-10-5-3-7-12(8-4-6-10)13-9-15-11(2)14-13/h3-5,7-10H,6H2,1-2H3/b5-3-,8-4+,12-7+. The van der Waals surface area contributed by atoms with E-state index in [-0.39, 0.29) is 0 Å². The molecule has 1 heterocycles. The van der Waals surface area contributed by atoms with Crippen LogP contribution >= 0.6 is 11.3 Å². The Morgan fingerprint density at radius 2 is 2.33 bits per heavy atom. The molecule has 1 atom stereocenters. The van der Waals surface area contributed by atoms with Crippen LogP contribution in [0, 0.1) is 12.8 Å². The van der Waals surface area contributed by atoms with Crippen molar-refractivity contribution in [2.24, 2.45) is 5.92 Å². The molecule has 1 aromatic rings. The van der Waals surface area contributed by atoms with Crippen LogP contribution in [0.25, 0.3) is 5.57 Å². The lowest BCUT2D eigenvalue weighted by Gasteiger charge is -2.04. The molecule has 0 N–H and O–H groups in total. The van der Waals surface area contributed by atoms with E-state index in [1.165, 1.54) is 5.57 Å². The van der Waals surface area contributed by atoms with Gasteiger partial charge in [0.15, 0.2) is 0 Å². The summed E-state index contributed by atoms with van der Waals surface area (Å²) in [6.07, 6.45) is 12.0.